The number of anilines is 1. The van der Waals surface area contributed by atoms with Gasteiger partial charge in [0.1, 0.15) is 19.0 Å². The van der Waals surface area contributed by atoms with Gasteiger partial charge in [-0.3, -0.25) is 9.69 Å². The van der Waals surface area contributed by atoms with Crippen LogP contribution < -0.4 is 10.1 Å². The topological polar surface area (TPSA) is 97.4 Å². The van der Waals surface area contributed by atoms with Crippen molar-refractivity contribution in [2.75, 3.05) is 57.8 Å². The third-order valence-corrected chi connectivity index (χ3v) is 7.21. The lowest BCUT2D eigenvalue weighted by atomic mass is 9.93. The quantitative estimate of drug-likeness (QED) is 0.381. The number of benzene rings is 1. The fraction of sp³-hybridized carbons (Fsp3) is 0.560. The molecule has 2 heterocycles. The summed E-state index contributed by atoms with van der Waals surface area (Å²) < 4.78 is 16.3. The Kier molecular flexibility index (Phi) is 9.45. The summed E-state index contributed by atoms with van der Waals surface area (Å²) in [5.41, 5.74) is 4.03. The van der Waals surface area contributed by atoms with Crippen molar-refractivity contribution < 1.29 is 28.6 Å². The number of carbonyl (C=O) groups excluding carboxylic acids is 3. The number of cyclic esters (lactones) is 1. The number of allylic oxidation sites excluding steroid dienone is 2. The maximum atomic E-state index is 12.5. The molecule has 1 fully saturated rings. The Balaban J connectivity index is 1.71. The van der Waals surface area contributed by atoms with Crippen LogP contribution in [0.15, 0.2) is 11.6 Å². The van der Waals surface area contributed by atoms with Crippen LogP contribution in [-0.4, -0.2) is 80.3 Å². The summed E-state index contributed by atoms with van der Waals surface area (Å²) in [6, 6.07) is -0.352. The van der Waals surface area contributed by atoms with E-state index in [1.165, 1.54) is 4.90 Å². The maximum absolute atomic E-state index is 12.5. The molecule has 2 aliphatic rings. The second-order valence-corrected chi connectivity index (χ2v) is 9.97. The summed E-state index contributed by atoms with van der Waals surface area (Å²) in [5.74, 6) is 2.07. The Bertz CT molecular complexity index is 1000. The van der Waals surface area contributed by atoms with Crippen LogP contribution >= 0.6 is 11.8 Å². The molecular formula is C25H35N3O6S. The van der Waals surface area contributed by atoms with Crippen LogP contribution in [0.1, 0.15) is 46.8 Å². The van der Waals surface area contributed by atoms with Crippen molar-refractivity contribution in [3.63, 3.8) is 0 Å². The van der Waals surface area contributed by atoms with Gasteiger partial charge < -0.3 is 24.4 Å². The van der Waals surface area contributed by atoms with Gasteiger partial charge in [0.15, 0.2) is 0 Å². The number of ether oxygens (including phenoxy) is 3. The largest absolute Gasteiger partial charge is 0.496 e. The van der Waals surface area contributed by atoms with E-state index in [2.05, 4.69) is 10.2 Å². The highest BCUT2D eigenvalue weighted by atomic mass is 32.2. The molecule has 0 unspecified atom stereocenters. The number of thioether (sulfide) groups is 1. The Labute approximate surface area is 211 Å². The van der Waals surface area contributed by atoms with Crippen LogP contribution in [0.2, 0.25) is 0 Å². The van der Waals surface area contributed by atoms with E-state index in [1.54, 1.807) is 21.2 Å². The van der Waals surface area contributed by atoms with Crippen LogP contribution in [0.3, 0.4) is 0 Å². The van der Waals surface area contributed by atoms with Crippen molar-refractivity contribution in [1.29, 1.82) is 0 Å². The molecule has 0 aliphatic carbocycles. The lowest BCUT2D eigenvalue weighted by Gasteiger charge is -2.21. The molecule has 1 aromatic carbocycles. The molecule has 0 atom stereocenters. The predicted molar refractivity (Wildman–Crippen MR) is 136 cm³/mol. The van der Waals surface area contributed by atoms with Gasteiger partial charge in [-0.1, -0.05) is 11.6 Å². The normalized spacial score (nSPS) is 15.6. The Morgan fingerprint density at radius 2 is 2.06 bits per heavy atom. The standard InChI is InChI=1S/C25H35N3O6S/c1-16(7-9-20(29)33-12-10-28-11-13-35-15-28)6-8-18-22(26-25(31)27(3)4)21-19(14-34-24(21)30)17(2)23(18)32-5/h6H,7-15H2,1-5H3,(H,26,31). The van der Waals surface area contributed by atoms with E-state index in [0.29, 0.717) is 48.4 Å². The van der Waals surface area contributed by atoms with Gasteiger partial charge in [-0.25, -0.2) is 9.59 Å². The van der Waals surface area contributed by atoms with Gasteiger partial charge in [-0.05, 0) is 32.3 Å². The summed E-state index contributed by atoms with van der Waals surface area (Å²) in [5, 5.41) is 2.86. The molecule has 0 aromatic heterocycles. The molecule has 35 heavy (non-hydrogen) atoms. The third kappa shape index (κ3) is 6.70. The number of carbonyl (C=O) groups is 3. The summed E-state index contributed by atoms with van der Waals surface area (Å²) in [6.07, 6.45) is 3.27. The van der Waals surface area contributed by atoms with Gasteiger partial charge in [0.2, 0.25) is 0 Å². The monoisotopic (exact) mass is 505 g/mol. The van der Waals surface area contributed by atoms with Crippen molar-refractivity contribution in [1.82, 2.24) is 9.80 Å². The van der Waals surface area contributed by atoms with E-state index in [0.717, 1.165) is 41.4 Å². The van der Waals surface area contributed by atoms with Gasteiger partial charge in [0.05, 0.1) is 18.4 Å². The molecule has 1 N–H and O–H groups in total. The molecule has 9 nitrogen and oxygen atoms in total. The molecule has 10 heteroatoms. The molecule has 1 aromatic rings. The molecule has 192 valence electrons. The van der Waals surface area contributed by atoms with Crippen molar-refractivity contribution >= 4 is 35.4 Å². The summed E-state index contributed by atoms with van der Waals surface area (Å²) in [6.45, 7) is 6.22. The number of amides is 2. The van der Waals surface area contributed by atoms with Gasteiger partial charge in [-0.15, -0.1) is 11.8 Å². The second kappa shape index (κ2) is 12.3. The second-order valence-electron chi connectivity index (χ2n) is 8.90. The van der Waals surface area contributed by atoms with Crippen molar-refractivity contribution in [3.8, 4) is 5.75 Å². The van der Waals surface area contributed by atoms with Crippen molar-refractivity contribution in [3.05, 3.63) is 33.9 Å². The average Bonchev–Trinajstić information content (AvgIpc) is 3.48. The lowest BCUT2D eigenvalue weighted by molar-refractivity contribution is -0.143. The molecular weight excluding hydrogens is 470 g/mol. The number of esters is 2. The Hall–Kier alpha value is -2.72. The number of hydrogen-bond acceptors (Lipinski definition) is 8. The number of rotatable bonds is 10. The zero-order valence-electron chi connectivity index (χ0n) is 21.2. The molecule has 2 amide bonds. The van der Waals surface area contributed by atoms with Gasteiger partial charge in [-0.2, -0.15) is 0 Å². The van der Waals surface area contributed by atoms with E-state index >= 15 is 0 Å². The molecule has 0 spiro atoms. The molecule has 0 bridgehead atoms. The number of fused-ring (bicyclic) bond motifs is 1. The third-order valence-electron chi connectivity index (χ3n) is 6.19. The predicted octanol–water partition coefficient (Wildman–Crippen LogP) is 3.59. The average molecular weight is 506 g/mol. The van der Waals surface area contributed by atoms with Crippen molar-refractivity contribution in [2.45, 2.75) is 39.7 Å². The van der Waals surface area contributed by atoms with Gasteiger partial charge in [0.25, 0.3) is 0 Å². The zero-order valence-corrected chi connectivity index (χ0v) is 22.0. The van der Waals surface area contributed by atoms with E-state index in [4.69, 9.17) is 14.2 Å². The number of hydrogen-bond donors (Lipinski definition) is 1. The molecule has 1 saturated heterocycles. The number of nitrogens with one attached hydrogen (secondary N) is 1. The molecule has 3 rings (SSSR count). The Morgan fingerprint density at radius 3 is 2.71 bits per heavy atom. The van der Waals surface area contributed by atoms with E-state index in [9.17, 15) is 14.4 Å². The molecule has 2 aliphatic heterocycles. The molecule has 0 saturated carbocycles. The fourth-order valence-electron chi connectivity index (χ4n) is 4.08. The first-order chi connectivity index (χ1) is 16.7. The van der Waals surface area contributed by atoms with E-state index in [-0.39, 0.29) is 18.6 Å². The van der Waals surface area contributed by atoms with Gasteiger partial charge in [0, 0.05) is 56.4 Å². The first kappa shape index (κ1) is 26.9. The number of urea groups is 1. The van der Waals surface area contributed by atoms with Crippen LogP contribution in [-0.2, 0) is 27.3 Å². The smallest absolute Gasteiger partial charge is 0.341 e. The maximum Gasteiger partial charge on any atom is 0.341 e. The highest BCUT2D eigenvalue weighted by Gasteiger charge is 2.32. The number of methoxy groups -OCH3 is 1. The highest BCUT2D eigenvalue weighted by molar-refractivity contribution is 7.99. The SMILES string of the molecule is COc1c(C)c2c(c(NC(=O)N(C)C)c1CC=C(C)CCC(=O)OCCN1CCSC1)C(=O)OC2. The summed E-state index contributed by atoms with van der Waals surface area (Å²) in [7, 11) is 4.83. The first-order valence-electron chi connectivity index (χ1n) is 11.7. The van der Waals surface area contributed by atoms with E-state index in [1.807, 2.05) is 31.7 Å². The summed E-state index contributed by atoms with van der Waals surface area (Å²) >= 11 is 1.89. The van der Waals surface area contributed by atoms with Crippen LogP contribution in [0.25, 0.3) is 0 Å². The van der Waals surface area contributed by atoms with Crippen LogP contribution in [0.4, 0.5) is 10.5 Å². The van der Waals surface area contributed by atoms with Gasteiger partial charge >= 0.3 is 18.0 Å². The minimum atomic E-state index is -0.461. The van der Waals surface area contributed by atoms with Crippen molar-refractivity contribution in [2.24, 2.45) is 0 Å². The molecule has 0 radical (unpaired) electrons. The summed E-state index contributed by atoms with van der Waals surface area (Å²) in [4.78, 5) is 40.8. The fourth-order valence-corrected chi connectivity index (χ4v) is 5.11. The lowest BCUT2D eigenvalue weighted by Crippen LogP contribution is -2.29. The highest BCUT2D eigenvalue weighted by Crippen LogP contribution is 2.41. The van der Waals surface area contributed by atoms with Crippen LogP contribution in [0, 0.1) is 6.92 Å². The minimum absolute atomic E-state index is 0.148. The minimum Gasteiger partial charge on any atom is -0.496 e. The Morgan fingerprint density at radius 1 is 1.29 bits per heavy atom. The number of nitrogens with zero attached hydrogens (tertiary/aromatic N) is 2. The van der Waals surface area contributed by atoms with Crippen LogP contribution in [0.5, 0.6) is 5.75 Å². The zero-order chi connectivity index (χ0) is 25.5. The van der Waals surface area contributed by atoms with E-state index < -0.39 is 5.97 Å². The first-order valence-corrected chi connectivity index (χ1v) is 12.9.